The third-order valence-electron chi connectivity index (χ3n) is 5.43. The predicted octanol–water partition coefficient (Wildman–Crippen LogP) is 3.55. The number of hydrazine groups is 1. The van der Waals surface area contributed by atoms with Crippen molar-refractivity contribution in [2.45, 2.75) is 27.3 Å². The zero-order chi connectivity index (χ0) is 23.7. The van der Waals surface area contributed by atoms with E-state index in [9.17, 15) is 14.4 Å². The van der Waals surface area contributed by atoms with Gasteiger partial charge in [0.15, 0.2) is 5.69 Å². The topological polar surface area (TPSA) is 98.0 Å². The van der Waals surface area contributed by atoms with Gasteiger partial charge in [0.2, 0.25) is 0 Å². The summed E-state index contributed by atoms with van der Waals surface area (Å²) in [5, 5.41) is 5.60. The Morgan fingerprint density at radius 2 is 1.61 bits per heavy atom. The maximum atomic E-state index is 12.9. The second kappa shape index (κ2) is 8.91. The van der Waals surface area contributed by atoms with Gasteiger partial charge in [-0.2, -0.15) is 5.10 Å². The van der Waals surface area contributed by atoms with Crippen LogP contribution in [0.15, 0.2) is 59.4 Å². The van der Waals surface area contributed by atoms with Gasteiger partial charge in [0, 0.05) is 34.0 Å². The summed E-state index contributed by atoms with van der Waals surface area (Å²) >= 11 is 5.98. The lowest BCUT2D eigenvalue weighted by molar-refractivity contribution is 0.0843. The van der Waals surface area contributed by atoms with Crippen molar-refractivity contribution in [1.29, 1.82) is 0 Å². The van der Waals surface area contributed by atoms with Gasteiger partial charge >= 0.3 is 0 Å². The Balaban J connectivity index is 1.59. The molecule has 0 fully saturated rings. The number of carbonyl (C=O) groups is 2. The number of aromatic nitrogens is 3. The molecule has 0 aliphatic heterocycles. The molecule has 0 saturated carbocycles. The van der Waals surface area contributed by atoms with Gasteiger partial charge in [0.25, 0.3) is 17.4 Å². The minimum atomic E-state index is -0.617. The first-order valence-corrected chi connectivity index (χ1v) is 10.7. The molecule has 0 bridgehead atoms. The third kappa shape index (κ3) is 4.12. The van der Waals surface area contributed by atoms with Gasteiger partial charge in [-0.25, -0.2) is 4.68 Å². The van der Waals surface area contributed by atoms with Crippen molar-refractivity contribution in [2.75, 3.05) is 0 Å². The summed E-state index contributed by atoms with van der Waals surface area (Å²) in [6, 6.07) is 15.8. The van der Waals surface area contributed by atoms with Crippen molar-refractivity contribution in [1.82, 2.24) is 25.2 Å². The van der Waals surface area contributed by atoms with E-state index in [1.165, 1.54) is 4.68 Å². The molecule has 0 aliphatic rings. The van der Waals surface area contributed by atoms with Crippen LogP contribution < -0.4 is 16.4 Å². The largest absolute Gasteiger partial charge is 0.318 e. The van der Waals surface area contributed by atoms with E-state index in [1.807, 2.05) is 30.5 Å². The van der Waals surface area contributed by atoms with E-state index in [0.29, 0.717) is 33.6 Å². The first kappa shape index (κ1) is 22.3. The Bertz CT molecular complexity index is 1440. The molecule has 0 spiro atoms. The number of nitrogens with one attached hydrogen (secondary N) is 2. The van der Waals surface area contributed by atoms with Gasteiger partial charge in [-0.1, -0.05) is 29.8 Å². The predicted molar refractivity (Wildman–Crippen MR) is 127 cm³/mol. The zero-order valence-corrected chi connectivity index (χ0v) is 19.1. The number of hydrogen-bond acceptors (Lipinski definition) is 4. The fraction of sp³-hybridized carbons (Fsp3) is 0.167. The molecule has 33 heavy (non-hydrogen) atoms. The number of carbonyl (C=O) groups excluding carboxylic acids is 2. The maximum Gasteiger partial charge on any atom is 0.290 e. The van der Waals surface area contributed by atoms with Crippen LogP contribution in [0.2, 0.25) is 5.02 Å². The van der Waals surface area contributed by atoms with Crippen molar-refractivity contribution >= 4 is 34.2 Å². The molecule has 168 valence electrons. The van der Waals surface area contributed by atoms with Crippen molar-refractivity contribution < 1.29 is 9.59 Å². The van der Waals surface area contributed by atoms with Crippen LogP contribution in [-0.4, -0.2) is 26.2 Å². The van der Waals surface area contributed by atoms with Crippen LogP contribution in [0.5, 0.6) is 0 Å². The van der Waals surface area contributed by atoms with E-state index < -0.39 is 11.8 Å². The number of nitrogens with zero attached hydrogens (tertiary/aromatic N) is 3. The summed E-state index contributed by atoms with van der Waals surface area (Å²) < 4.78 is 3.15. The molecule has 2 aromatic carbocycles. The lowest BCUT2D eigenvalue weighted by Gasteiger charge is -2.12. The number of aryl methyl sites for hydroxylation is 2. The van der Waals surface area contributed by atoms with E-state index in [1.54, 1.807) is 49.4 Å². The summed E-state index contributed by atoms with van der Waals surface area (Å²) in [6.07, 6.45) is 0. The van der Waals surface area contributed by atoms with Gasteiger partial charge in [0.1, 0.15) is 0 Å². The molecule has 9 heteroatoms. The number of halogens is 1. The minimum Gasteiger partial charge on any atom is -0.318 e. The van der Waals surface area contributed by atoms with Crippen LogP contribution in [0.25, 0.3) is 16.5 Å². The molecule has 2 aromatic heterocycles. The number of hydrogen-bond donors (Lipinski definition) is 2. The molecule has 0 atom stereocenters. The highest BCUT2D eigenvalue weighted by Crippen LogP contribution is 2.22. The van der Waals surface area contributed by atoms with Crippen LogP contribution in [0.1, 0.15) is 39.2 Å². The van der Waals surface area contributed by atoms with Crippen LogP contribution in [0.3, 0.4) is 0 Å². The van der Waals surface area contributed by atoms with Crippen LogP contribution in [0, 0.1) is 13.8 Å². The molecule has 4 aromatic rings. The molecule has 2 heterocycles. The van der Waals surface area contributed by atoms with Gasteiger partial charge in [-0.15, -0.1) is 0 Å². The smallest absolute Gasteiger partial charge is 0.290 e. The second-order valence-electron chi connectivity index (χ2n) is 7.52. The average Bonchev–Trinajstić information content (AvgIpc) is 3.12. The molecular formula is C24H22ClN5O3. The Hall–Kier alpha value is -3.91. The second-order valence-corrected chi connectivity index (χ2v) is 7.96. The minimum absolute atomic E-state index is 0.0546. The van der Waals surface area contributed by atoms with E-state index in [-0.39, 0.29) is 11.3 Å². The van der Waals surface area contributed by atoms with E-state index in [4.69, 9.17) is 11.6 Å². The van der Waals surface area contributed by atoms with E-state index >= 15 is 0 Å². The molecule has 8 nitrogen and oxygen atoms in total. The summed E-state index contributed by atoms with van der Waals surface area (Å²) in [6.45, 7) is 5.79. The number of amides is 2. The summed E-state index contributed by atoms with van der Waals surface area (Å²) in [5.74, 6) is -1.09. The summed E-state index contributed by atoms with van der Waals surface area (Å²) in [5.41, 5.74) is 7.51. The van der Waals surface area contributed by atoms with Crippen molar-refractivity contribution in [3.63, 3.8) is 0 Å². The third-order valence-corrected chi connectivity index (χ3v) is 5.68. The van der Waals surface area contributed by atoms with E-state index in [0.717, 1.165) is 11.4 Å². The standard InChI is InChI=1S/C24H22ClN5O3/c1-4-29-24(33)19-8-6-5-7-18(19)21(28-29)23(32)27-26-22(31)20-13-14(2)30(15(20)3)17-11-9-16(25)10-12-17/h5-13H,4H2,1-3H3,(H,26,31)(H,27,32). The maximum absolute atomic E-state index is 12.9. The first-order chi connectivity index (χ1) is 15.8. The highest BCUT2D eigenvalue weighted by Gasteiger charge is 2.20. The molecule has 2 N–H and O–H groups in total. The van der Waals surface area contributed by atoms with E-state index in [2.05, 4.69) is 16.0 Å². The van der Waals surface area contributed by atoms with Gasteiger partial charge in [-0.05, 0) is 57.2 Å². The summed E-state index contributed by atoms with van der Waals surface area (Å²) in [4.78, 5) is 38.2. The lowest BCUT2D eigenvalue weighted by Crippen LogP contribution is -2.43. The SMILES string of the molecule is CCn1nc(C(=O)NNC(=O)c2cc(C)n(-c3ccc(Cl)cc3)c2C)c2ccccc2c1=O. The zero-order valence-electron chi connectivity index (χ0n) is 18.3. The molecule has 0 unspecified atom stereocenters. The quantitative estimate of drug-likeness (QED) is 0.452. The average molecular weight is 464 g/mol. The number of benzene rings is 2. The van der Waals surface area contributed by atoms with Crippen LogP contribution >= 0.6 is 11.6 Å². The molecular weight excluding hydrogens is 442 g/mol. The Morgan fingerprint density at radius 1 is 0.970 bits per heavy atom. The van der Waals surface area contributed by atoms with Gasteiger partial charge in [-0.3, -0.25) is 25.2 Å². The first-order valence-electron chi connectivity index (χ1n) is 10.4. The van der Waals surface area contributed by atoms with Gasteiger partial charge in [0.05, 0.1) is 10.9 Å². The number of rotatable bonds is 4. The van der Waals surface area contributed by atoms with Crippen LogP contribution in [0.4, 0.5) is 0 Å². The Kier molecular flexibility index (Phi) is 6.02. The highest BCUT2D eigenvalue weighted by atomic mass is 35.5. The number of fused-ring (bicyclic) bond motifs is 1. The molecule has 0 radical (unpaired) electrons. The van der Waals surface area contributed by atoms with Gasteiger partial charge < -0.3 is 4.57 Å². The molecule has 0 aliphatic carbocycles. The Labute approximate surface area is 194 Å². The van der Waals surface area contributed by atoms with Crippen molar-refractivity contribution in [3.8, 4) is 5.69 Å². The lowest BCUT2D eigenvalue weighted by atomic mass is 10.1. The van der Waals surface area contributed by atoms with Crippen LogP contribution in [-0.2, 0) is 6.54 Å². The monoisotopic (exact) mass is 463 g/mol. The van der Waals surface area contributed by atoms with Crippen molar-refractivity contribution in [2.24, 2.45) is 0 Å². The summed E-state index contributed by atoms with van der Waals surface area (Å²) in [7, 11) is 0. The fourth-order valence-corrected chi connectivity index (χ4v) is 3.96. The fourth-order valence-electron chi connectivity index (χ4n) is 3.84. The Morgan fingerprint density at radius 3 is 2.27 bits per heavy atom. The molecule has 2 amide bonds. The molecule has 4 rings (SSSR count). The highest BCUT2D eigenvalue weighted by molar-refractivity contribution is 6.30. The molecule has 0 saturated heterocycles. The normalized spacial score (nSPS) is 10.9. The van der Waals surface area contributed by atoms with Crippen molar-refractivity contribution in [3.05, 3.63) is 92.6 Å².